The van der Waals surface area contributed by atoms with Crippen molar-refractivity contribution >= 4 is 22.6 Å². The minimum absolute atomic E-state index is 0.0423. The molecule has 134 valence electrons. The summed E-state index contributed by atoms with van der Waals surface area (Å²) in [7, 11) is 0. The third-order valence-corrected chi connectivity index (χ3v) is 6.96. The first kappa shape index (κ1) is 18.5. The number of hydrogen-bond donors (Lipinski definition) is 0. The second kappa shape index (κ2) is 6.13. The third kappa shape index (κ3) is 2.98. The summed E-state index contributed by atoms with van der Waals surface area (Å²) in [6.45, 7) is 6.26. The van der Waals surface area contributed by atoms with E-state index in [1.807, 2.05) is 6.92 Å². The second-order valence-electron chi connectivity index (χ2n) is 7.35. The molecule has 2 bridgehead atoms. The maximum atomic E-state index is 13.1. The van der Waals surface area contributed by atoms with Gasteiger partial charge in [-0.1, -0.05) is 54.6 Å². The molecular formula is C18H22F3IO2. The van der Waals surface area contributed by atoms with Gasteiger partial charge in [0.05, 0.1) is 29.5 Å². The van der Waals surface area contributed by atoms with Crippen molar-refractivity contribution in [1.82, 2.24) is 0 Å². The minimum Gasteiger partial charge on any atom is -0.370 e. The van der Waals surface area contributed by atoms with Gasteiger partial charge >= 0.3 is 6.18 Å². The van der Waals surface area contributed by atoms with E-state index < -0.39 is 17.3 Å². The molecule has 0 spiro atoms. The molecule has 2 nitrogen and oxygen atoms in total. The lowest BCUT2D eigenvalue weighted by molar-refractivity contribution is -0.139. The zero-order chi connectivity index (χ0) is 17.8. The highest BCUT2D eigenvalue weighted by Crippen LogP contribution is 2.57. The van der Waals surface area contributed by atoms with Crippen molar-refractivity contribution in [1.29, 1.82) is 0 Å². The van der Waals surface area contributed by atoms with E-state index in [9.17, 15) is 13.2 Å². The molecule has 2 fully saturated rings. The van der Waals surface area contributed by atoms with Gasteiger partial charge in [-0.2, -0.15) is 13.2 Å². The number of hydrogen-bond acceptors (Lipinski definition) is 2. The van der Waals surface area contributed by atoms with Gasteiger partial charge in [0.2, 0.25) is 0 Å². The Bertz CT molecular complexity index is 619. The number of rotatable bonds is 4. The summed E-state index contributed by atoms with van der Waals surface area (Å²) in [6, 6.07) is 5.61. The van der Waals surface area contributed by atoms with Gasteiger partial charge in [-0.3, -0.25) is 0 Å². The van der Waals surface area contributed by atoms with Crippen molar-refractivity contribution in [3.63, 3.8) is 0 Å². The SMILES string of the molecule is CC(C)[C@@]12C[C@H](OCc3ccccc3C(F)(F)F)[C@@](C)(C[C@H]1I)O2. The Morgan fingerprint density at radius 2 is 1.96 bits per heavy atom. The van der Waals surface area contributed by atoms with Crippen molar-refractivity contribution in [2.45, 2.75) is 67.6 Å². The predicted molar refractivity (Wildman–Crippen MR) is 94.1 cm³/mol. The molecule has 1 aromatic carbocycles. The highest BCUT2D eigenvalue weighted by Gasteiger charge is 2.65. The third-order valence-electron chi connectivity index (χ3n) is 5.46. The molecule has 0 saturated carbocycles. The van der Waals surface area contributed by atoms with Gasteiger partial charge in [0, 0.05) is 10.3 Å². The zero-order valence-electron chi connectivity index (χ0n) is 14.0. The number of ether oxygens (including phenoxy) is 2. The van der Waals surface area contributed by atoms with Crippen molar-refractivity contribution < 1.29 is 22.6 Å². The van der Waals surface area contributed by atoms with Crippen molar-refractivity contribution in [2.24, 2.45) is 5.92 Å². The first-order chi connectivity index (χ1) is 11.1. The van der Waals surface area contributed by atoms with Gasteiger partial charge in [-0.25, -0.2) is 0 Å². The molecule has 2 saturated heterocycles. The molecule has 3 rings (SSSR count). The van der Waals surface area contributed by atoms with Gasteiger partial charge in [-0.15, -0.1) is 0 Å². The van der Waals surface area contributed by atoms with Crippen LogP contribution in [0, 0.1) is 5.92 Å². The molecule has 0 amide bonds. The molecule has 6 heteroatoms. The molecule has 0 N–H and O–H groups in total. The van der Waals surface area contributed by atoms with E-state index >= 15 is 0 Å². The average molecular weight is 454 g/mol. The Labute approximate surface area is 154 Å². The van der Waals surface area contributed by atoms with Crippen molar-refractivity contribution in [2.75, 3.05) is 0 Å². The molecule has 2 aliphatic heterocycles. The lowest BCUT2D eigenvalue weighted by atomic mass is 9.75. The number of benzene rings is 1. The monoisotopic (exact) mass is 454 g/mol. The van der Waals surface area contributed by atoms with Gasteiger partial charge in [0.25, 0.3) is 0 Å². The summed E-state index contributed by atoms with van der Waals surface area (Å²) in [6.07, 6.45) is -2.92. The molecule has 0 aromatic heterocycles. The molecular weight excluding hydrogens is 432 g/mol. The van der Waals surface area contributed by atoms with E-state index in [1.165, 1.54) is 12.1 Å². The molecule has 0 unspecified atom stereocenters. The predicted octanol–water partition coefficient (Wildman–Crippen LogP) is 5.37. The maximum Gasteiger partial charge on any atom is 0.416 e. The van der Waals surface area contributed by atoms with Crippen LogP contribution < -0.4 is 0 Å². The molecule has 2 aliphatic rings. The smallest absolute Gasteiger partial charge is 0.370 e. The highest BCUT2D eigenvalue weighted by atomic mass is 127. The van der Waals surface area contributed by atoms with Crippen LogP contribution in [0.1, 0.15) is 44.7 Å². The lowest BCUT2D eigenvalue weighted by Crippen LogP contribution is -2.44. The molecule has 0 aliphatic carbocycles. The van der Waals surface area contributed by atoms with Crippen LogP contribution in [-0.4, -0.2) is 21.2 Å². The first-order valence-electron chi connectivity index (χ1n) is 8.19. The Balaban J connectivity index is 1.76. The Morgan fingerprint density at radius 1 is 1.29 bits per heavy atom. The number of alkyl halides is 4. The first-order valence-corrected chi connectivity index (χ1v) is 9.44. The summed E-state index contributed by atoms with van der Waals surface area (Å²) >= 11 is 2.44. The van der Waals surface area contributed by atoms with Gasteiger partial charge in [0.1, 0.15) is 0 Å². The van der Waals surface area contributed by atoms with Crippen molar-refractivity contribution in [3.05, 3.63) is 35.4 Å². The fourth-order valence-corrected chi connectivity index (χ4v) is 5.98. The standard InChI is InChI=1S/C18H22F3IO2/c1-11(2)17-9-15(16(3,24-17)8-14(17)22)23-10-12-6-4-5-7-13(12)18(19,20)21/h4-7,11,14-15H,8-10H2,1-3H3/t14-,15+,16-,17+/m1/s1. The van der Waals surface area contributed by atoms with Gasteiger partial charge in [0.15, 0.2) is 0 Å². The van der Waals surface area contributed by atoms with Crippen LogP contribution in [0.15, 0.2) is 24.3 Å². The largest absolute Gasteiger partial charge is 0.416 e. The summed E-state index contributed by atoms with van der Waals surface area (Å²) in [5, 5.41) is 0. The maximum absolute atomic E-state index is 13.1. The second-order valence-corrected chi connectivity index (χ2v) is 8.86. The molecule has 24 heavy (non-hydrogen) atoms. The lowest BCUT2D eigenvalue weighted by Gasteiger charge is -2.35. The normalized spacial score (nSPS) is 35.8. The fourth-order valence-electron chi connectivity index (χ4n) is 4.00. The van der Waals surface area contributed by atoms with Crippen LogP contribution in [0.3, 0.4) is 0 Å². The Kier molecular flexibility index (Phi) is 4.71. The number of halogens is 4. The Morgan fingerprint density at radius 3 is 2.54 bits per heavy atom. The van der Waals surface area contributed by atoms with Gasteiger partial charge in [-0.05, 0) is 30.9 Å². The van der Waals surface area contributed by atoms with E-state index in [0.29, 0.717) is 9.84 Å². The fraction of sp³-hybridized carbons (Fsp3) is 0.667. The van der Waals surface area contributed by atoms with E-state index in [0.717, 1.165) is 18.9 Å². The van der Waals surface area contributed by atoms with E-state index in [2.05, 4.69) is 36.4 Å². The Hall–Kier alpha value is -0.340. The summed E-state index contributed by atoms with van der Waals surface area (Å²) < 4.78 is 52.1. The van der Waals surface area contributed by atoms with E-state index in [-0.39, 0.29) is 23.9 Å². The molecule has 4 atom stereocenters. The molecule has 1 aromatic rings. The average Bonchev–Trinajstić information content (AvgIpc) is 2.92. The highest BCUT2D eigenvalue weighted by molar-refractivity contribution is 14.1. The summed E-state index contributed by atoms with van der Waals surface area (Å²) in [5.74, 6) is 0.345. The topological polar surface area (TPSA) is 18.5 Å². The van der Waals surface area contributed by atoms with Crippen LogP contribution in [0.2, 0.25) is 0 Å². The summed E-state index contributed by atoms with van der Waals surface area (Å²) in [4.78, 5) is 0. The molecule has 2 heterocycles. The van der Waals surface area contributed by atoms with Crippen LogP contribution in [0.5, 0.6) is 0 Å². The van der Waals surface area contributed by atoms with Gasteiger partial charge < -0.3 is 9.47 Å². The quantitative estimate of drug-likeness (QED) is 0.450. The van der Waals surface area contributed by atoms with E-state index in [4.69, 9.17) is 9.47 Å². The zero-order valence-corrected chi connectivity index (χ0v) is 16.1. The van der Waals surface area contributed by atoms with Crippen LogP contribution >= 0.6 is 22.6 Å². The van der Waals surface area contributed by atoms with Crippen molar-refractivity contribution in [3.8, 4) is 0 Å². The van der Waals surface area contributed by atoms with E-state index in [1.54, 1.807) is 6.07 Å². The van der Waals surface area contributed by atoms with Crippen LogP contribution in [0.25, 0.3) is 0 Å². The minimum atomic E-state index is -4.36. The van der Waals surface area contributed by atoms with Crippen LogP contribution in [-0.2, 0) is 22.3 Å². The molecule has 0 radical (unpaired) electrons. The number of fused-ring (bicyclic) bond motifs is 2. The summed E-state index contributed by atoms with van der Waals surface area (Å²) in [5.41, 5.74) is -1.09. The van der Waals surface area contributed by atoms with Crippen LogP contribution in [0.4, 0.5) is 13.2 Å².